The van der Waals surface area contributed by atoms with Crippen molar-refractivity contribution in [1.29, 1.82) is 0 Å². The Bertz CT molecular complexity index is 1040. The number of benzene rings is 1. The third-order valence-electron chi connectivity index (χ3n) is 4.32. The van der Waals surface area contributed by atoms with Crippen LogP contribution in [0.1, 0.15) is 49.4 Å². The molecule has 150 valence electrons. The minimum Gasteiger partial charge on any atom is -0.462 e. The van der Waals surface area contributed by atoms with Crippen molar-refractivity contribution < 1.29 is 23.9 Å². The first-order valence-electron chi connectivity index (χ1n) is 8.94. The summed E-state index contributed by atoms with van der Waals surface area (Å²) in [7, 11) is 0. The van der Waals surface area contributed by atoms with Gasteiger partial charge in [0.1, 0.15) is 12.7 Å². The molecule has 0 aliphatic heterocycles. The van der Waals surface area contributed by atoms with E-state index < -0.39 is 24.3 Å². The zero-order chi connectivity index (χ0) is 21.0. The van der Waals surface area contributed by atoms with Crippen LogP contribution < -0.4 is 0 Å². The number of esters is 2. The number of hydrogen-bond donors (Lipinski definition) is 1. The zero-order valence-corrected chi connectivity index (χ0v) is 16.3. The highest BCUT2D eigenvalue weighted by Gasteiger charge is 2.23. The average Bonchev–Trinajstić information content (AvgIpc) is 3.34. The number of nitrogens with zero attached hydrogens (tertiary/aromatic N) is 3. The molecule has 2 heterocycles. The molecule has 0 spiro atoms. The van der Waals surface area contributed by atoms with E-state index in [0.29, 0.717) is 22.4 Å². The van der Waals surface area contributed by atoms with Crippen LogP contribution in [-0.4, -0.2) is 50.7 Å². The molecule has 1 N–H and O–H groups in total. The van der Waals surface area contributed by atoms with Gasteiger partial charge in [0.2, 0.25) is 5.78 Å². The maximum atomic E-state index is 12.5. The number of hydrogen-bond acceptors (Lipinski definition) is 7. The third kappa shape index (κ3) is 4.23. The van der Waals surface area contributed by atoms with Crippen molar-refractivity contribution in [2.45, 2.75) is 20.8 Å². The zero-order valence-electron chi connectivity index (χ0n) is 16.3. The van der Waals surface area contributed by atoms with Gasteiger partial charge in [0.05, 0.1) is 29.1 Å². The number of H-pyrrole nitrogens is 1. The predicted molar refractivity (Wildman–Crippen MR) is 102 cm³/mol. The summed E-state index contributed by atoms with van der Waals surface area (Å²) in [6.45, 7) is 4.82. The molecule has 3 aromatic rings. The smallest absolute Gasteiger partial charge is 0.340 e. The summed E-state index contributed by atoms with van der Waals surface area (Å²) in [6, 6.07) is 6.54. The van der Waals surface area contributed by atoms with Gasteiger partial charge in [0, 0.05) is 5.69 Å². The number of aryl methyl sites for hydroxylation is 1. The number of carbonyl (C=O) groups is 3. The van der Waals surface area contributed by atoms with Gasteiger partial charge in [-0.1, -0.05) is 0 Å². The standard InChI is InChI=1S/C20H20N4O5/c1-4-28-20(27)17-12(2)18(23-13(17)3)16(25)9-29-19(26)14-5-7-15(8-6-14)24-11-21-10-22-24/h5-8,10-11,23H,4,9H2,1-3H3. The maximum Gasteiger partial charge on any atom is 0.340 e. The van der Waals surface area contributed by atoms with Gasteiger partial charge in [0.25, 0.3) is 0 Å². The molecule has 0 aliphatic carbocycles. The second-order valence-electron chi connectivity index (χ2n) is 6.23. The van der Waals surface area contributed by atoms with Crippen molar-refractivity contribution in [2.75, 3.05) is 13.2 Å². The summed E-state index contributed by atoms with van der Waals surface area (Å²) in [5.74, 6) is -1.56. The van der Waals surface area contributed by atoms with Crippen LogP contribution in [0.4, 0.5) is 0 Å². The van der Waals surface area contributed by atoms with Crippen LogP contribution in [0.3, 0.4) is 0 Å². The summed E-state index contributed by atoms with van der Waals surface area (Å²) >= 11 is 0. The fraction of sp³-hybridized carbons (Fsp3) is 0.250. The minimum absolute atomic E-state index is 0.222. The molecule has 0 atom stereocenters. The van der Waals surface area contributed by atoms with Crippen LogP contribution in [0.25, 0.3) is 5.69 Å². The Labute approximate surface area is 166 Å². The summed E-state index contributed by atoms with van der Waals surface area (Å²) in [5, 5.41) is 4.00. The van der Waals surface area contributed by atoms with E-state index in [9.17, 15) is 14.4 Å². The lowest BCUT2D eigenvalue weighted by molar-refractivity contribution is 0.0472. The Kier molecular flexibility index (Phi) is 5.87. The highest BCUT2D eigenvalue weighted by atomic mass is 16.5. The first kappa shape index (κ1) is 20.0. The Balaban J connectivity index is 1.65. The molecule has 1 aromatic carbocycles. The lowest BCUT2D eigenvalue weighted by Gasteiger charge is -2.06. The lowest BCUT2D eigenvalue weighted by Crippen LogP contribution is -2.15. The molecule has 9 nitrogen and oxygen atoms in total. The molecule has 0 unspecified atom stereocenters. The molecule has 0 fully saturated rings. The van der Waals surface area contributed by atoms with Crippen molar-refractivity contribution in [1.82, 2.24) is 19.7 Å². The molecule has 0 saturated heterocycles. The number of aromatic amines is 1. The van der Waals surface area contributed by atoms with Crippen molar-refractivity contribution in [2.24, 2.45) is 0 Å². The van der Waals surface area contributed by atoms with Crippen LogP contribution in [0.5, 0.6) is 0 Å². The number of ketones is 1. The van der Waals surface area contributed by atoms with Gasteiger partial charge < -0.3 is 14.5 Å². The SMILES string of the molecule is CCOC(=O)c1c(C)[nH]c(C(=O)COC(=O)c2ccc(-n3cncn3)cc2)c1C. The summed E-state index contributed by atoms with van der Waals surface area (Å²) in [6.07, 6.45) is 2.95. The first-order valence-corrected chi connectivity index (χ1v) is 8.94. The maximum absolute atomic E-state index is 12.5. The van der Waals surface area contributed by atoms with Gasteiger partial charge in [-0.05, 0) is 50.6 Å². The Hall–Kier alpha value is -3.75. The van der Waals surface area contributed by atoms with Crippen LogP contribution in [0.2, 0.25) is 0 Å². The van der Waals surface area contributed by atoms with Crippen molar-refractivity contribution in [3.8, 4) is 5.69 Å². The third-order valence-corrected chi connectivity index (χ3v) is 4.32. The quantitative estimate of drug-likeness (QED) is 0.481. The first-order chi connectivity index (χ1) is 13.9. The van der Waals surface area contributed by atoms with Crippen molar-refractivity contribution in [3.05, 3.63) is 65.0 Å². The molecule has 3 rings (SSSR count). The van der Waals surface area contributed by atoms with Crippen LogP contribution in [0, 0.1) is 13.8 Å². The molecule has 0 amide bonds. The van der Waals surface area contributed by atoms with Crippen molar-refractivity contribution >= 4 is 17.7 Å². The molecule has 0 aliphatic rings. The number of rotatable bonds is 7. The monoisotopic (exact) mass is 396 g/mol. The predicted octanol–water partition coefficient (Wildman–Crippen LogP) is 2.43. The molecule has 29 heavy (non-hydrogen) atoms. The second kappa shape index (κ2) is 8.51. The number of ether oxygens (including phenoxy) is 2. The highest BCUT2D eigenvalue weighted by Crippen LogP contribution is 2.20. The van der Waals surface area contributed by atoms with Crippen LogP contribution in [0.15, 0.2) is 36.9 Å². The van der Waals surface area contributed by atoms with Gasteiger partial charge >= 0.3 is 11.9 Å². The fourth-order valence-corrected chi connectivity index (χ4v) is 2.92. The van der Waals surface area contributed by atoms with E-state index in [4.69, 9.17) is 9.47 Å². The number of carbonyl (C=O) groups excluding carboxylic acids is 3. The van der Waals surface area contributed by atoms with E-state index in [1.54, 1.807) is 49.7 Å². The highest BCUT2D eigenvalue weighted by molar-refractivity contribution is 6.03. The van der Waals surface area contributed by atoms with E-state index in [-0.39, 0.29) is 12.3 Å². The second-order valence-corrected chi connectivity index (χ2v) is 6.23. The van der Waals surface area contributed by atoms with Gasteiger partial charge in [-0.2, -0.15) is 5.10 Å². The average molecular weight is 396 g/mol. The molecule has 9 heteroatoms. The van der Waals surface area contributed by atoms with Gasteiger partial charge in [-0.25, -0.2) is 19.3 Å². The number of nitrogens with one attached hydrogen (secondary N) is 1. The number of Topliss-reactive ketones (excluding diaryl/α,β-unsaturated/α-hetero) is 1. The minimum atomic E-state index is -0.630. The van der Waals surface area contributed by atoms with E-state index in [1.807, 2.05) is 0 Å². The summed E-state index contributed by atoms with van der Waals surface area (Å²) in [4.78, 5) is 43.5. The van der Waals surface area contributed by atoms with E-state index in [0.717, 1.165) is 5.69 Å². The van der Waals surface area contributed by atoms with Crippen LogP contribution >= 0.6 is 0 Å². The lowest BCUT2D eigenvalue weighted by atomic mass is 10.1. The van der Waals surface area contributed by atoms with Gasteiger partial charge in [0.15, 0.2) is 6.61 Å². The molecule has 0 radical (unpaired) electrons. The van der Waals surface area contributed by atoms with E-state index in [1.165, 1.54) is 12.7 Å². The molecule has 0 bridgehead atoms. The van der Waals surface area contributed by atoms with E-state index in [2.05, 4.69) is 15.1 Å². The molecular weight excluding hydrogens is 376 g/mol. The molecule has 2 aromatic heterocycles. The van der Waals surface area contributed by atoms with Crippen molar-refractivity contribution in [3.63, 3.8) is 0 Å². The largest absolute Gasteiger partial charge is 0.462 e. The van der Waals surface area contributed by atoms with E-state index >= 15 is 0 Å². The Morgan fingerprint density at radius 3 is 2.41 bits per heavy atom. The summed E-state index contributed by atoms with van der Waals surface area (Å²) < 4.78 is 11.7. The number of aromatic nitrogens is 4. The summed E-state index contributed by atoms with van der Waals surface area (Å²) in [5.41, 5.74) is 2.58. The molecule has 0 saturated carbocycles. The fourth-order valence-electron chi connectivity index (χ4n) is 2.92. The topological polar surface area (TPSA) is 116 Å². The van der Waals surface area contributed by atoms with Crippen LogP contribution in [-0.2, 0) is 9.47 Å². The Morgan fingerprint density at radius 1 is 1.07 bits per heavy atom. The van der Waals surface area contributed by atoms with Gasteiger partial charge in [-0.15, -0.1) is 0 Å². The Morgan fingerprint density at radius 2 is 1.79 bits per heavy atom. The normalized spacial score (nSPS) is 10.6. The van der Waals surface area contributed by atoms with Gasteiger partial charge in [-0.3, -0.25) is 4.79 Å². The molecular formula is C20H20N4O5.